The molecule has 1 aromatic carbocycles. The second-order valence-corrected chi connectivity index (χ2v) is 8.66. The molecule has 0 radical (unpaired) electrons. The van der Waals surface area contributed by atoms with Gasteiger partial charge in [0.2, 0.25) is 0 Å². The quantitative estimate of drug-likeness (QED) is 0.285. The lowest BCUT2D eigenvalue weighted by Crippen LogP contribution is -2.51. The fourth-order valence-corrected chi connectivity index (χ4v) is 3.44. The first kappa shape index (κ1) is 30.1. The van der Waals surface area contributed by atoms with Crippen molar-refractivity contribution in [2.24, 2.45) is 11.7 Å². The monoisotopic (exact) mass is 493 g/mol. The van der Waals surface area contributed by atoms with Gasteiger partial charge >= 0.3 is 23.9 Å². The Morgan fingerprint density at radius 2 is 1.54 bits per heavy atom. The number of esters is 4. The van der Waals surface area contributed by atoms with E-state index in [9.17, 15) is 19.2 Å². The van der Waals surface area contributed by atoms with Crippen LogP contribution in [0.15, 0.2) is 18.2 Å². The molecule has 0 aromatic heterocycles. The van der Waals surface area contributed by atoms with E-state index in [0.717, 1.165) is 6.42 Å². The molecule has 0 aliphatic rings. The van der Waals surface area contributed by atoms with Crippen LogP contribution in [0.5, 0.6) is 11.5 Å². The maximum Gasteiger partial charge on any atom is 0.326 e. The molecule has 0 amide bonds. The van der Waals surface area contributed by atoms with Gasteiger partial charge in [-0.2, -0.15) is 0 Å². The molecule has 196 valence electrons. The van der Waals surface area contributed by atoms with Gasteiger partial charge in [0.15, 0.2) is 11.5 Å². The van der Waals surface area contributed by atoms with Gasteiger partial charge in [-0.25, -0.2) is 0 Å². The van der Waals surface area contributed by atoms with Crippen LogP contribution in [-0.2, 0) is 35.1 Å². The van der Waals surface area contributed by atoms with Crippen LogP contribution in [0.25, 0.3) is 0 Å². The number of methoxy groups -OCH3 is 1. The Morgan fingerprint density at radius 1 is 0.943 bits per heavy atom. The molecule has 9 nitrogen and oxygen atoms in total. The predicted molar refractivity (Wildman–Crippen MR) is 130 cm³/mol. The molecule has 0 fully saturated rings. The Hall–Kier alpha value is -2.94. The smallest absolute Gasteiger partial charge is 0.326 e. The fraction of sp³-hybridized carbons (Fsp3) is 0.615. The van der Waals surface area contributed by atoms with Crippen molar-refractivity contribution in [2.45, 2.75) is 84.6 Å². The third kappa shape index (κ3) is 10.1. The molecule has 0 heterocycles. The molecule has 2 N–H and O–H groups in total. The first-order valence-electron chi connectivity index (χ1n) is 12.2. The lowest BCUT2D eigenvalue weighted by Gasteiger charge is -2.27. The molecule has 1 unspecified atom stereocenters. The number of carbonyl (C=O) groups is 4. The van der Waals surface area contributed by atoms with Gasteiger partial charge in [-0.15, -0.1) is 0 Å². The summed E-state index contributed by atoms with van der Waals surface area (Å²) in [7, 11) is 1.23. The topological polar surface area (TPSA) is 131 Å². The Morgan fingerprint density at radius 3 is 2.09 bits per heavy atom. The maximum absolute atomic E-state index is 12.5. The zero-order valence-electron chi connectivity index (χ0n) is 21.5. The first-order chi connectivity index (χ1) is 16.6. The molecule has 0 saturated heterocycles. The summed E-state index contributed by atoms with van der Waals surface area (Å²) in [6.45, 7) is 7.41. The predicted octanol–water partition coefficient (Wildman–Crippen LogP) is 3.88. The minimum Gasteiger partial charge on any atom is -0.468 e. The van der Waals surface area contributed by atoms with E-state index in [1.807, 2.05) is 20.8 Å². The van der Waals surface area contributed by atoms with E-state index in [-0.39, 0.29) is 55.7 Å². The van der Waals surface area contributed by atoms with E-state index in [1.54, 1.807) is 13.0 Å². The average molecular weight is 494 g/mol. The number of rotatable bonds is 15. The molecular weight excluding hydrogens is 454 g/mol. The Balaban J connectivity index is 3.10. The number of hydrogen-bond acceptors (Lipinski definition) is 9. The molecular formula is C26H39NO8. The summed E-state index contributed by atoms with van der Waals surface area (Å²) < 4.78 is 21.0. The van der Waals surface area contributed by atoms with Crippen LogP contribution < -0.4 is 15.2 Å². The first-order valence-corrected chi connectivity index (χ1v) is 12.2. The summed E-state index contributed by atoms with van der Waals surface area (Å²) in [5.41, 5.74) is 5.47. The van der Waals surface area contributed by atoms with Crippen LogP contribution >= 0.6 is 0 Å². The van der Waals surface area contributed by atoms with Gasteiger partial charge in [0.25, 0.3) is 0 Å². The Labute approximate surface area is 207 Å². The zero-order chi connectivity index (χ0) is 26.4. The van der Waals surface area contributed by atoms with E-state index in [2.05, 4.69) is 0 Å². The normalized spacial score (nSPS) is 13.3. The third-order valence-corrected chi connectivity index (χ3v) is 5.39. The highest BCUT2D eigenvalue weighted by Gasteiger charge is 2.36. The molecule has 2 atom stereocenters. The van der Waals surface area contributed by atoms with Crippen LogP contribution in [0.2, 0.25) is 0 Å². The van der Waals surface area contributed by atoms with E-state index in [1.165, 1.54) is 19.2 Å². The summed E-state index contributed by atoms with van der Waals surface area (Å²) in [6.07, 6.45) is 3.22. The van der Waals surface area contributed by atoms with Crippen molar-refractivity contribution in [3.63, 3.8) is 0 Å². The number of nitrogens with two attached hydrogens (primary N) is 1. The summed E-state index contributed by atoms with van der Waals surface area (Å²) in [4.78, 5) is 48.8. The number of ether oxygens (including phenoxy) is 4. The zero-order valence-corrected chi connectivity index (χ0v) is 21.5. The molecule has 0 bridgehead atoms. The second kappa shape index (κ2) is 15.1. The lowest BCUT2D eigenvalue weighted by atomic mass is 9.88. The van der Waals surface area contributed by atoms with Crippen molar-refractivity contribution in [1.29, 1.82) is 0 Å². The molecule has 1 rings (SSSR count). The van der Waals surface area contributed by atoms with Crippen LogP contribution in [0, 0.1) is 5.92 Å². The van der Waals surface area contributed by atoms with Crippen LogP contribution in [0.3, 0.4) is 0 Å². The standard InChI is InChI=1S/C26H39NO8/c1-6-9-18(4)24(30)33-15-14-26(27,25(31)32-5)17-19-12-13-20(34-22(28)10-7-2)21(16-19)35-23(29)11-8-3/h12-13,16,18H,6-11,14-15,17,27H2,1-5H3/t18-,26?/m0/s1. The number of benzene rings is 1. The molecule has 0 saturated carbocycles. The Bertz CT molecular complexity index is 869. The van der Waals surface area contributed by atoms with Gasteiger partial charge < -0.3 is 24.7 Å². The van der Waals surface area contributed by atoms with Crippen molar-refractivity contribution in [1.82, 2.24) is 0 Å². The summed E-state index contributed by atoms with van der Waals surface area (Å²) >= 11 is 0. The third-order valence-electron chi connectivity index (χ3n) is 5.39. The minimum atomic E-state index is -1.49. The second-order valence-electron chi connectivity index (χ2n) is 8.66. The van der Waals surface area contributed by atoms with Crippen LogP contribution in [0.1, 0.15) is 78.2 Å². The van der Waals surface area contributed by atoms with E-state index < -0.39 is 23.4 Å². The number of carbonyl (C=O) groups excluding carboxylic acids is 4. The van der Waals surface area contributed by atoms with E-state index >= 15 is 0 Å². The highest BCUT2D eigenvalue weighted by atomic mass is 16.6. The van der Waals surface area contributed by atoms with Crippen molar-refractivity contribution in [3.8, 4) is 11.5 Å². The van der Waals surface area contributed by atoms with Crippen LogP contribution in [-0.4, -0.2) is 43.1 Å². The molecule has 35 heavy (non-hydrogen) atoms. The van der Waals surface area contributed by atoms with Gasteiger partial charge in [0.05, 0.1) is 19.6 Å². The van der Waals surface area contributed by atoms with E-state index in [0.29, 0.717) is 24.8 Å². The summed E-state index contributed by atoms with van der Waals surface area (Å²) in [5.74, 6) is -2.00. The molecule has 0 aliphatic carbocycles. The van der Waals surface area contributed by atoms with E-state index in [4.69, 9.17) is 24.7 Å². The fourth-order valence-electron chi connectivity index (χ4n) is 3.44. The average Bonchev–Trinajstić information content (AvgIpc) is 2.80. The van der Waals surface area contributed by atoms with Crippen LogP contribution in [0.4, 0.5) is 0 Å². The van der Waals surface area contributed by atoms with Crippen molar-refractivity contribution in [2.75, 3.05) is 13.7 Å². The molecule has 9 heteroatoms. The molecule has 0 aliphatic heterocycles. The van der Waals surface area contributed by atoms with Crippen molar-refractivity contribution < 1.29 is 38.1 Å². The SMILES string of the molecule is CCCC(=O)Oc1ccc(CC(N)(CCOC(=O)[C@@H](C)CCC)C(=O)OC)cc1OC(=O)CCC. The summed E-state index contributed by atoms with van der Waals surface area (Å²) in [6, 6.07) is 4.65. The van der Waals surface area contributed by atoms with Gasteiger partial charge in [-0.05, 0) is 37.0 Å². The summed E-state index contributed by atoms with van der Waals surface area (Å²) in [5, 5.41) is 0. The minimum absolute atomic E-state index is 0.0171. The van der Waals surface area contributed by atoms with Gasteiger partial charge in [-0.1, -0.05) is 40.2 Å². The van der Waals surface area contributed by atoms with Gasteiger partial charge in [-0.3, -0.25) is 19.2 Å². The maximum atomic E-state index is 12.5. The Kier molecular flexibility index (Phi) is 13.0. The van der Waals surface area contributed by atoms with Crippen molar-refractivity contribution in [3.05, 3.63) is 23.8 Å². The van der Waals surface area contributed by atoms with Gasteiger partial charge in [0, 0.05) is 25.7 Å². The van der Waals surface area contributed by atoms with Gasteiger partial charge in [0.1, 0.15) is 5.54 Å². The largest absolute Gasteiger partial charge is 0.468 e. The lowest BCUT2D eigenvalue weighted by molar-refractivity contribution is -0.153. The highest BCUT2D eigenvalue weighted by Crippen LogP contribution is 2.31. The highest BCUT2D eigenvalue weighted by molar-refractivity contribution is 5.81. The molecule has 1 aromatic rings. The van der Waals surface area contributed by atoms with Crippen molar-refractivity contribution >= 4 is 23.9 Å². The molecule has 0 spiro atoms. The number of hydrogen-bond donors (Lipinski definition) is 1.